The van der Waals surface area contributed by atoms with Crippen LogP contribution in [0.15, 0.2) is 72.9 Å². The predicted octanol–water partition coefficient (Wildman–Crippen LogP) is 3.79. The van der Waals surface area contributed by atoms with Gasteiger partial charge >= 0.3 is 5.97 Å². The summed E-state index contributed by atoms with van der Waals surface area (Å²) in [6, 6.07) is 20.5. The SMILES string of the molecule is COC(=O)c1ccc(C(=O)Nc2ccc(-c3ccccc3)cc2)nc1. The summed E-state index contributed by atoms with van der Waals surface area (Å²) in [6.45, 7) is 0. The lowest BCUT2D eigenvalue weighted by atomic mass is 10.1. The van der Waals surface area contributed by atoms with Gasteiger partial charge in [-0.2, -0.15) is 0 Å². The van der Waals surface area contributed by atoms with Gasteiger partial charge in [0, 0.05) is 11.9 Å². The molecule has 0 spiro atoms. The number of carbonyl (C=O) groups is 2. The molecule has 5 heteroatoms. The molecule has 0 saturated heterocycles. The van der Waals surface area contributed by atoms with Gasteiger partial charge < -0.3 is 10.1 Å². The molecule has 0 aliphatic heterocycles. The van der Waals surface area contributed by atoms with Crippen molar-refractivity contribution in [3.8, 4) is 11.1 Å². The number of methoxy groups -OCH3 is 1. The zero-order valence-corrected chi connectivity index (χ0v) is 13.6. The molecule has 0 radical (unpaired) electrons. The lowest BCUT2D eigenvalue weighted by Crippen LogP contribution is -2.14. The molecular weight excluding hydrogens is 316 g/mol. The lowest BCUT2D eigenvalue weighted by molar-refractivity contribution is 0.0600. The molecule has 0 aliphatic rings. The maximum atomic E-state index is 12.2. The van der Waals surface area contributed by atoms with Crippen LogP contribution in [0.3, 0.4) is 0 Å². The maximum absolute atomic E-state index is 12.2. The molecule has 124 valence electrons. The summed E-state index contributed by atoms with van der Waals surface area (Å²) >= 11 is 0. The molecule has 0 bridgehead atoms. The molecule has 3 aromatic rings. The van der Waals surface area contributed by atoms with E-state index in [1.807, 2.05) is 54.6 Å². The first-order chi connectivity index (χ1) is 12.2. The summed E-state index contributed by atoms with van der Waals surface area (Å²) in [7, 11) is 1.29. The van der Waals surface area contributed by atoms with Crippen LogP contribution in [-0.4, -0.2) is 24.0 Å². The number of esters is 1. The Morgan fingerprint density at radius 1 is 0.880 bits per heavy atom. The molecule has 25 heavy (non-hydrogen) atoms. The summed E-state index contributed by atoms with van der Waals surface area (Å²) in [5, 5.41) is 2.78. The Kier molecular flexibility index (Phi) is 4.85. The number of hydrogen-bond donors (Lipinski definition) is 1. The molecule has 1 amide bonds. The molecule has 1 aromatic heterocycles. The molecule has 3 rings (SSSR count). The van der Waals surface area contributed by atoms with Crippen molar-refractivity contribution in [1.82, 2.24) is 4.98 Å². The van der Waals surface area contributed by atoms with Crippen LogP contribution < -0.4 is 5.32 Å². The van der Waals surface area contributed by atoms with Crippen molar-refractivity contribution in [3.63, 3.8) is 0 Å². The van der Waals surface area contributed by atoms with E-state index in [1.165, 1.54) is 25.4 Å². The normalized spacial score (nSPS) is 10.1. The third-order valence-electron chi connectivity index (χ3n) is 3.67. The second-order valence-electron chi connectivity index (χ2n) is 5.32. The number of anilines is 1. The van der Waals surface area contributed by atoms with E-state index >= 15 is 0 Å². The average molecular weight is 332 g/mol. The van der Waals surface area contributed by atoms with E-state index in [9.17, 15) is 9.59 Å². The number of hydrogen-bond acceptors (Lipinski definition) is 4. The molecule has 1 heterocycles. The summed E-state index contributed by atoms with van der Waals surface area (Å²) in [4.78, 5) is 27.6. The number of nitrogens with one attached hydrogen (secondary N) is 1. The highest BCUT2D eigenvalue weighted by Crippen LogP contribution is 2.21. The van der Waals surface area contributed by atoms with Gasteiger partial charge in [0.2, 0.25) is 0 Å². The first-order valence-electron chi connectivity index (χ1n) is 7.68. The summed E-state index contributed by atoms with van der Waals surface area (Å²) in [5.74, 6) is -0.833. The number of ether oxygens (including phenoxy) is 1. The Labute approximate surface area is 145 Å². The van der Waals surface area contributed by atoms with Gasteiger partial charge in [-0.05, 0) is 35.4 Å². The van der Waals surface area contributed by atoms with Crippen molar-refractivity contribution in [2.24, 2.45) is 0 Å². The molecular formula is C20H16N2O3. The Morgan fingerprint density at radius 2 is 1.56 bits per heavy atom. The zero-order chi connectivity index (χ0) is 17.6. The van der Waals surface area contributed by atoms with E-state index in [2.05, 4.69) is 15.0 Å². The Hall–Kier alpha value is -3.47. The van der Waals surface area contributed by atoms with Gasteiger partial charge in [0.25, 0.3) is 5.91 Å². The van der Waals surface area contributed by atoms with Crippen LogP contribution in [0, 0.1) is 0 Å². The Bertz CT molecular complexity index is 873. The van der Waals surface area contributed by atoms with Gasteiger partial charge in [-0.1, -0.05) is 42.5 Å². The average Bonchev–Trinajstić information content (AvgIpc) is 2.68. The second-order valence-corrected chi connectivity index (χ2v) is 5.32. The van der Waals surface area contributed by atoms with Crippen LogP contribution in [0.25, 0.3) is 11.1 Å². The first kappa shape index (κ1) is 16.4. The third-order valence-corrected chi connectivity index (χ3v) is 3.67. The summed E-state index contributed by atoms with van der Waals surface area (Å²) in [5.41, 5.74) is 3.37. The smallest absolute Gasteiger partial charge is 0.339 e. The van der Waals surface area contributed by atoms with Crippen molar-refractivity contribution in [1.29, 1.82) is 0 Å². The van der Waals surface area contributed by atoms with E-state index in [0.717, 1.165) is 11.1 Å². The molecule has 0 unspecified atom stereocenters. The molecule has 0 saturated carbocycles. The standard InChI is InChI=1S/C20H16N2O3/c1-25-20(24)16-9-12-18(21-13-16)19(23)22-17-10-7-15(8-11-17)14-5-3-2-4-6-14/h2-13H,1H3,(H,22,23). The summed E-state index contributed by atoms with van der Waals surface area (Å²) in [6.07, 6.45) is 1.32. The number of amides is 1. The molecule has 0 atom stereocenters. The van der Waals surface area contributed by atoms with E-state index < -0.39 is 5.97 Å². The van der Waals surface area contributed by atoms with Gasteiger partial charge in [0.15, 0.2) is 0 Å². The number of benzene rings is 2. The van der Waals surface area contributed by atoms with Gasteiger partial charge in [-0.15, -0.1) is 0 Å². The van der Waals surface area contributed by atoms with Crippen LogP contribution in [-0.2, 0) is 4.74 Å². The van der Waals surface area contributed by atoms with E-state index in [-0.39, 0.29) is 11.6 Å². The molecule has 2 aromatic carbocycles. The highest BCUT2D eigenvalue weighted by atomic mass is 16.5. The van der Waals surface area contributed by atoms with Crippen LogP contribution in [0.4, 0.5) is 5.69 Å². The fourth-order valence-corrected chi connectivity index (χ4v) is 2.34. The van der Waals surface area contributed by atoms with Crippen molar-refractivity contribution < 1.29 is 14.3 Å². The fraction of sp³-hybridized carbons (Fsp3) is 0.0500. The van der Waals surface area contributed by atoms with Gasteiger partial charge in [-0.3, -0.25) is 9.78 Å². The largest absolute Gasteiger partial charge is 0.465 e. The van der Waals surface area contributed by atoms with E-state index in [0.29, 0.717) is 11.3 Å². The number of aromatic nitrogens is 1. The predicted molar refractivity (Wildman–Crippen MR) is 95.4 cm³/mol. The van der Waals surface area contributed by atoms with Crippen molar-refractivity contribution >= 4 is 17.6 Å². The van der Waals surface area contributed by atoms with Gasteiger partial charge in [0.1, 0.15) is 5.69 Å². The minimum absolute atomic E-state index is 0.222. The fourth-order valence-electron chi connectivity index (χ4n) is 2.34. The van der Waals surface area contributed by atoms with Crippen molar-refractivity contribution in [2.45, 2.75) is 0 Å². The summed E-state index contributed by atoms with van der Waals surface area (Å²) < 4.78 is 4.60. The highest BCUT2D eigenvalue weighted by Gasteiger charge is 2.10. The highest BCUT2D eigenvalue weighted by molar-refractivity contribution is 6.03. The molecule has 0 aliphatic carbocycles. The van der Waals surface area contributed by atoms with Crippen LogP contribution >= 0.6 is 0 Å². The quantitative estimate of drug-likeness (QED) is 0.738. The van der Waals surface area contributed by atoms with Gasteiger partial charge in [-0.25, -0.2) is 4.79 Å². The molecule has 5 nitrogen and oxygen atoms in total. The number of pyridine rings is 1. The van der Waals surface area contributed by atoms with Crippen LogP contribution in [0.2, 0.25) is 0 Å². The van der Waals surface area contributed by atoms with Crippen molar-refractivity contribution in [3.05, 3.63) is 84.2 Å². The molecule has 0 fully saturated rings. The number of carbonyl (C=O) groups excluding carboxylic acids is 2. The zero-order valence-electron chi connectivity index (χ0n) is 13.6. The van der Waals surface area contributed by atoms with Crippen LogP contribution in [0.1, 0.15) is 20.8 Å². The second kappa shape index (κ2) is 7.40. The van der Waals surface area contributed by atoms with Crippen molar-refractivity contribution in [2.75, 3.05) is 12.4 Å². The van der Waals surface area contributed by atoms with Crippen LogP contribution in [0.5, 0.6) is 0 Å². The van der Waals surface area contributed by atoms with Gasteiger partial charge in [0.05, 0.1) is 12.7 Å². The topological polar surface area (TPSA) is 68.3 Å². The van der Waals surface area contributed by atoms with E-state index in [1.54, 1.807) is 0 Å². The Balaban J connectivity index is 1.69. The number of rotatable bonds is 4. The lowest BCUT2D eigenvalue weighted by Gasteiger charge is -2.07. The maximum Gasteiger partial charge on any atom is 0.339 e. The third kappa shape index (κ3) is 3.90. The minimum Gasteiger partial charge on any atom is -0.465 e. The first-order valence-corrected chi connectivity index (χ1v) is 7.68. The van der Waals surface area contributed by atoms with E-state index in [4.69, 9.17) is 0 Å². The minimum atomic E-state index is -0.490. The molecule has 1 N–H and O–H groups in total. The monoisotopic (exact) mass is 332 g/mol. The number of nitrogens with zero attached hydrogens (tertiary/aromatic N) is 1. The Morgan fingerprint density at radius 3 is 2.16 bits per heavy atom.